The average molecular weight is 520 g/mol. The molecule has 0 radical (unpaired) electrons. The largest absolute Gasteiger partial charge is 0.416 e. The van der Waals surface area contributed by atoms with Crippen molar-refractivity contribution in [1.29, 1.82) is 0 Å². The molecule has 1 fully saturated rings. The molecule has 35 heavy (non-hydrogen) atoms. The van der Waals surface area contributed by atoms with Crippen LogP contribution in [0.1, 0.15) is 50.2 Å². The number of carbonyl (C=O) groups excluding carboxylic acids is 2. The predicted molar refractivity (Wildman–Crippen MR) is 133 cm³/mol. The third-order valence-corrected chi connectivity index (χ3v) is 7.19. The summed E-state index contributed by atoms with van der Waals surface area (Å²) in [4.78, 5) is 31.7. The molecule has 0 aliphatic carbocycles. The second-order valence-corrected chi connectivity index (χ2v) is 9.57. The zero-order valence-electron chi connectivity index (χ0n) is 18.7. The summed E-state index contributed by atoms with van der Waals surface area (Å²) in [7, 11) is 0. The minimum Gasteiger partial charge on any atom is -0.350 e. The number of likely N-dealkylation sites (tertiary alicyclic amines) is 1. The van der Waals surface area contributed by atoms with Crippen LogP contribution in [0.25, 0.3) is 11.1 Å². The van der Waals surface area contributed by atoms with E-state index in [4.69, 9.17) is 0 Å². The Morgan fingerprint density at radius 3 is 2.43 bits per heavy atom. The number of benzene rings is 2. The summed E-state index contributed by atoms with van der Waals surface area (Å²) in [6.45, 7) is 1.54. The van der Waals surface area contributed by atoms with Gasteiger partial charge in [0.25, 0.3) is 11.8 Å². The molecular weight excluding hydrogens is 495 g/mol. The summed E-state index contributed by atoms with van der Waals surface area (Å²) in [6, 6.07) is 11.8. The minimum atomic E-state index is -4.41. The van der Waals surface area contributed by atoms with Gasteiger partial charge in [-0.05, 0) is 42.2 Å². The van der Waals surface area contributed by atoms with Crippen LogP contribution in [0, 0.1) is 0 Å². The molecule has 10 heteroatoms. The Balaban J connectivity index is 1.43. The van der Waals surface area contributed by atoms with Crippen LogP contribution in [-0.2, 0) is 6.18 Å². The molecular formula is C25H24F3N3O2S2. The summed E-state index contributed by atoms with van der Waals surface area (Å²) in [5, 5.41) is 5.39. The maximum atomic E-state index is 13.3. The van der Waals surface area contributed by atoms with Gasteiger partial charge in [0.1, 0.15) is 5.69 Å². The molecule has 5 nitrogen and oxygen atoms in total. The molecule has 0 atom stereocenters. The Kier molecular flexibility index (Phi) is 7.81. The first-order valence-electron chi connectivity index (χ1n) is 11.2. The molecule has 0 saturated carbocycles. The molecule has 2 amide bonds. The molecule has 1 aromatic heterocycles. The number of halogens is 3. The van der Waals surface area contributed by atoms with Gasteiger partial charge >= 0.3 is 6.18 Å². The summed E-state index contributed by atoms with van der Waals surface area (Å²) < 4.78 is 38.8. The van der Waals surface area contributed by atoms with Gasteiger partial charge in [0.15, 0.2) is 0 Å². The average Bonchev–Trinajstić information content (AvgIpc) is 3.37. The molecule has 1 saturated heterocycles. The topological polar surface area (TPSA) is 62.3 Å². The van der Waals surface area contributed by atoms with Crippen molar-refractivity contribution >= 4 is 35.8 Å². The molecule has 1 aliphatic heterocycles. The smallest absolute Gasteiger partial charge is 0.350 e. The molecule has 1 N–H and O–H groups in total. The van der Waals surface area contributed by atoms with Crippen LogP contribution in [0.15, 0.2) is 53.9 Å². The highest BCUT2D eigenvalue weighted by atomic mass is 32.1. The molecule has 2 heterocycles. The number of nitrogens with zero attached hydrogens (tertiary/aromatic N) is 2. The highest BCUT2D eigenvalue weighted by Gasteiger charge is 2.31. The van der Waals surface area contributed by atoms with Crippen molar-refractivity contribution in [3.63, 3.8) is 0 Å². The lowest BCUT2D eigenvalue weighted by molar-refractivity contribution is -0.137. The van der Waals surface area contributed by atoms with E-state index in [9.17, 15) is 22.8 Å². The van der Waals surface area contributed by atoms with E-state index in [0.29, 0.717) is 47.8 Å². The van der Waals surface area contributed by atoms with Crippen LogP contribution in [0.5, 0.6) is 0 Å². The highest BCUT2D eigenvalue weighted by molar-refractivity contribution is 7.80. The number of rotatable bonds is 6. The summed E-state index contributed by atoms with van der Waals surface area (Å²) in [5.74, 6) is 0.358. The Labute approximate surface area is 210 Å². The number of thiazole rings is 1. The quantitative estimate of drug-likeness (QED) is 0.423. The Bertz CT molecular complexity index is 1190. The van der Waals surface area contributed by atoms with E-state index in [1.165, 1.54) is 23.5 Å². The first kappa shape index (κ1) is 25.2. The molecule has 2 aromatic carbocycles. The fourth-order valence-electron chi connectivity index (χ4n) is 4.10. The van der Waals surface area contributed by atoms with Gasteiger partial charge in [-0.15, -0.1) is 11.3 Å². The third kappa shape index (κ3) is 5.87. The predicted octanol–water partition coefficient (Wildman–Crippen LogP) is 5.51. The van der Waals surface area contributed by atoms with Crippen molar-refractivity contribution in [2.75, 3.05) is 25.4 Å². The minimum absolute atomic E-state index is 0.148. The van der Waals surface area contributed by atoms with Crippen molar-refractivity contribution in [1.82, 2.24) is 15.2 Å². The fraction of sp³-hybridized carbons (Fsp3) is 0.320. The molecule has 184 valence electrons. The number of nitrogens with one attached hydrogen (secondary N) is 1. The van der Waals surface area contributed by atoms with Gasteiger partial charge in [0, 0.05) is 42.2 Å². The normalized spacial score (nSPS) is 14.7. The number of alkyl halides is 3. The lowest BCUT2D eigenvalue weighted by atomic mass is 9.94. The monoisotopic (exact) mass is 519 g/mol. The molecule has 0 unspecified atom stereocenters. The van der Waals surface area contributed by atoms with E-state index < -0.39 is 11.7 Å². The summed E-state index contributed by atoms with van der Waals surface area (Å²) in [5.41, 5.74) is 1.30. The van der Waals surface area contributed by atoms with Crippen LogP contribution in [-0.4, -0.2) is 47.1 Å². The number of amides is 2. The van der Waals surface area contributed by atoms with E-state index in [-0.39, 0.29) is 17.7 Å². The Morgan fingerprint density at radius 1 is 1.09 bits per heavy atom. The van der Waals surface area contributed by atoms with Gasteiger partial charge in [-0.2, -0.15) is 25.8 Å². The first-order valence-corrected chi connectivity index (χ1v) is 12.7. The Morgan fingerprint density at radius 2 is 1.77 bits per heavy atom. The maximum absolute atomic E-state index is 13.3. The van der Waals surface area contributed by atoms with Crippen molar-refractivity contribution in [3.8, 4) is 11.1 Å². The molecule has 0 spiro atoms. The van der Waals surface area contributed by atoms with Gasteiger partial charge in [0.05, 0.1) is 10.6 Å². The van der Waals surface area contributed by atoms with Gasteiger partial charge in [0.2, 0.25) is 0 Å². The molecule has 3 aromatic rings. The zero-order valence-corrected chi connectivity index (χ0v) is 20.4. The third-order valence-electron chi connectivity index (χ3n) is 5.96. The lowest BCUT2D eigenvalue weighted by Crippen LogP contribution is -2.38. The van der Waals surface area contributed by atoms with E-state index in [0.717, 1.165) is 30.0 Å². The van der Waals surface area contributed by atoms with Crippen LogP contribution in [0.2, 0.25) is 0 Å². The fourth-order valence-corrected chi connectivity index (χ4v) is 5.18. The molecule has 1 aliphatic rings. The van der Waals surface area contributed by atoms with Crippen molar-refractivity contribution < 1.29 is 22.8 Å². The van der Waals surface area contributed by atoms with Gasteiger partial charge in [-0.3, -0.25) is 9.59 Å². The SMILES string of the molecule is O=C(NCCS)c1csc(C2CCN(C(=O)c3ccccc3-c3ccc(C(F)(F)F)cc3)CC2)n1. The van der Waals surface area contributed by atoms with E-state index in [1.54, 1.807) is 34.5 Å². The second kappa shape index (κ2) is 10.8. The van der Waals surface area contributed by atoms with Crippen LogP contribution < -0.4 is 5.32 Å². The first-order chi connectivity index (χ1) is 16.8. The van der Waals surface area contributed by atoms with Crippen molar-refractivity contribution in [2.24, 2.45) is 0 Å². The van der Waals surface area contributed by atoms with Gasteiger partial charge in [-0.25, -0.2) is 4.98 Å². The number of thiol groups is 1. The van der Waals surface area contributed by atoms with Crippen LogP contribution in [0.4, 0.5) is 13.2 Å². The number of piperidine rings is 1. The number of hydrogen-bond donors (Lipinski definition) is 2. The maximum Gasteiger partial charge on any atom is 0.416 e. The number of aromatic nitrogens is 1. The summed E-state index contributed by atoms with van der Waals surface area (Å²) in [6.07, 6.45) is -2.97. The highest BCUT2D eigenvalue weighted by Crippen LogP contribution is 2.34. The zero-order chi connectivity index (χ0) is 25.0. The van der Waals surface area contributed by atoms with Crippen molar-refractivity contribution in [3.05, 3.63) is 75.7 Å². The second-order valence-electron chi connectivity index (χ2n) is 8.24. The van der Waals surface area contributed by atoms with Gasteiger partial charge in [-0.1, -0.05) is 30.3 Å². The number of hydrogen-bond acceptors (Lipinski definition) is 5. The summed E-state index contributed by atoms with van der Waals surface area (Å²) >= 11 is 5.53. The van der Waals surface area contributed by atoms with E-state index in [2.05, 4.69) is 22.9 Å². The molecule has 4 rings (SSSR count). The van der Waals surface area contributed by atoms with E-state index >= 15 is 0 Å². The van der Waals surface area contributed by atoms with Crippen LogP contribution >= 0.6 is 24.0 Å². The van der Waals surface area contributed by atoms with E-state index in [1.807, 2.05) is 0 Å². The Hall–Kier alpha value is -2.85. The lowest BCUT2D eigenvalue weighted by Gasteiger charge is -2.31. The standard InChI is InChI=1S/C25H24F3N3O2S2/c26-25(27,28)18-7-5-16(6-8-18)19-3-1-2-4-20(19)24(33)31-12-9-17(10-13-31)23-30-21(15-35-23)22(32)29-11-14-34/h1-8,15,17,34H,9-14H2,(H,29,32). The van der Waals surface area contributed by atoms with Gasteiger partial charge < -0.3 is 10.2 Å². The molecule has 0 bridgehead atoms. The van der Waals surface area contributed by atoms with Crippen molar-refractivity contribution in [2.45, 2.75) is 24.9 Å². The van der Waals surface area contributed by atoms with Crippen LogP contribution in [0.3, 0.4) is 0 Å². The number of carbonyl (C=O) groups is 2.